The molecule has 2 aromatic rings. The number of thioether (sulfide) groups is 1. The molecule has 1 aromatic carbocycles. The molecule has 24 heavy (non-hydrogen) atoms. The number of carbonyl (C=O) groups excluding carboxylic acids is 1. The summed E-state index contributed by atoms with van der Waals surface area (Å²) in [4.78, 5) is 31.7. The minimum Gasteiger partial charge on any atom is -0.339 e. The average Bonchev–Trinajstić information content (AvgIpc) is 2.60. The predicted molar refractivity (Wildman–Crippen MR) is 97.4 cm³/mol. The Hall–Kier alpha value is -1.82. The predicted octanol–water partition coefficient (Wildman–Crippen LogP) is 2.91. The van der Waals surface area contributed by atoms with Crippen LogP contribution >= 0.6 is 11.8 Å². The highest BCUT2D eigenvalue weighted by Gasteiger charge is 2.23. The first kappa shape index (κ1) is 17.0. The number of amides is 1. The van der Waals surface area contributed by atoms with Gasteiger partial charge in [-0.05, 0) is 45.2 Å². The van der Waals surface area contributed by atoms with Crippen molar-refractivity contribution in [3.8, 4) is 0 Å². The Bertz CT molecular complexity index is 802. The molecular weight excluding hydrogens is 322 g/mol. The minimum atomic E-state index is -0.0376. The highest BCUT2D eigenvalue weighted by atomic mass is 32.2. The van der Waals surface area contributed by atoms with E-state index in [1.807, 2.05) is 30.0 Å². The first-order valence-corrected chi connectivity index (χ1v) is 9.52. The Balaban J connectivity index is 1.82. The summed E-state index contributed by atoms with van der Waals surface area (Å²) in [5, 5.41) is 1.25. The standard InChI is InChI=1S/C18H23N3O2S/c1-3-20-17(23)14-9-4-5-10-15(14)19-18(20)24-12-16(22)21-11-7-6-8-13(21)2/h4-5,9-10,13H,3,6-8,11-12H2,1-2H3/t13-/m0/s1. The second kappa shape index (κ2) is 7.38. The fourth-order valence-electron chi connectivity index (χ4n) is 3.21. The van der Waals surface area contributed by atoms with Crippen LogP contribution in [0.1, 0.15) is 33.1 Å². The summed E-state index contributed by atoms with van der Waals surface area (Å²) in [5.74, 6) is 0.465. The van der Waals surface area contributed by atoms with Crippen LogP contribution in [0.5, 0.6) is 0 Å². The van der Waals surface area contributed by atoms with Gasteiger partial charge in [-0.3, -0.25) is 14.2 Å². The van der Waals surface area contributed by atoms with Gasteiger partial charge in [-0.15, -0.1) is 0 Å². The van der Waals surface area contributed by atoms with E-state index in [1.165, 1.54) is 18.2 Å². The van der Waals surface area contributed by atoms with Crippen molar-refractivity contribution in [3.05, 3.63) is 34.6 Å². The van der Waals surface area contributed by atoms with E-state index in [1.54, 1.807) is 10.6 Å². The van der Waals surface area contributed by atoms with Gasteiger partial charge in [-0.1, -0.05) is 23.9 Å². The number of aromatic nitrogens is 2. The SMILES string of the molecule is CCn1c(SCC(=O)N2CCCC[C@@H]2C)nc2ccccc2c1=O. The molecule has 3 rings (SSSR count). The maximum absolute atomic E-state index is 12.6. The zero-order valence-corrected chi connectivity index (χ0v) is 15.0. The second-order valence-corrected chi connectivity index (χ2v) is 7.12. The largest absolute Gasteiger partial charge is 0.339 e. The molecule has 5 nitrogen and oxygen atoms in total. The summed E-state index contributed by atoms with van der Waals surface area (Å²) in [6.45, 7) is 5.42. The van der Waals surface area contributed by atoms with Crippen molar-refractivity contribution >= 4 is 28.6 Å². The van der Waals surface area contributed by atoms with Gasteiger partial charge in [0.05, 0.1) is 16.7 Å². The fraction of sp³-hybridized carbons (Fsp3) is 0.500. The lowest BCUT2D eigenvalue weighted by molar-refractivity contribution is -0.131. The molecule has 2 heterocycles. The third-order valence-electron chi connectivity index (χ3n) is 4.59. The summed E-state index contributed by atoms with van der Waals surface area (Å²) >= 11 is 1.37. The summed E-state index contributed by atoms with van der Waals surface area (Å²) in [7, 11) is 0. The van der Waals surface area contributed by atoms with Crippen LogP contribution in [0, 0.1) is 0 Å². The number of rotatable bonds is 4. The Labute approximate surface area is 146 Å². The summed E-state index contributed by atoms with van der Waals surface area (Å²) in [6, 6.07) is 7.67. The molecule has 0 unspecified atom stereocenters. The number of benzene rings is 1. The van der Waals surface area contributed by atoms with Gasteiger partial charge < -0.3 is 4.90 Å². The van der Waals surface area contributed by atoms with Gasteiger partial charge in [0.2, 0.25) is 5.91 Å². The number of nitrogens with zero attached hydrogens (tertiary/aromatic N) is 3. The lowest BCUT2D eigenvalue weighted by Crippen LogP contribution is -2.43. The Morgan fingerprint density at radius 1 is 1.33 bits per heavy atom. The van der Waals surface area contributed by atoms with E-state index in [9.17, 15) is 9.59 Å². The quantitative estimate of drug-likeness (QED) is 0.631. The second-order valence-electron chi connectivity index (χ2n) is 6.18. The van der Waals surface area contributed by atoms with Gasteiger partial charge in [0, 0.05) is 19.1 Å². The highest BCUT2D eigenvalue weighted by Crippen LogP contribution is 2.21. The number of hydrogen-bond donors (Lipinski definition) is 0. The van der Waals surface area contributed by atoms with Crippen LogP contribution in [-0.4, -0.2) is 38.7 Å². The van der Waals surface area contributed by atoms with Crippen LogP contribution in [-0.2, 0) is 11.3 Å². The van der Waals surface area contributed by atoms with Gasteiger partial charge in [-0.25, -0.2) is 4.98 Å². The van der Waals surface area contributed by atoms with E-state index in [0.717, 1.165) is 19.4 Å². The van der Waals surface area contributed by atoms with Gasteiger partial charge in [0.25, 0.3) is 5.56 Å². The monoisotopic (exact) mass is 345 g/mol. The normalized spacial score (nSPS) is 18.1. The zero-order valence-electron chi connectivity index (χ0n) is 14.2. The number of likely N-dealkylation sites (tertiary alicyclic amines) is 1. The van der Waals surface area contributed by atoms with E-state index in [4.69, 9.17) is 0 Å². The molecule has 1 aromatic heterocycles. The molecule has 128 valence electrons. The van der Waals surface area contributed by atoms with E-state index in [0.29, 0.717) is 34.4 Å². The number of para-hydroxylation sites is 1. The molecule has 0 radical (unpaired) electrons. The molecule has 0 N–H and O–H groups in total. The van der Waals surface area contributed by atoms with E-state index >= 15 is 0 Å². The topological polar surface area (TPSA) is 55.2 Å². The van der Waals surface area contributed by atoms with Crippen molar-refractivity contribution in [1.29, 1.82) is 0 Å². The molecule has 1 atom stereocenters. The number of fused-ring (bicyclic) bond motifs is 1. The Kier molecular flexibility index (Phi) is 5.23. The van der Waals surface area contributed by atoms with Gasteiger partial charge in [0.15, 0.2) is 5.16 Å². The van der Waals surface area contributed by atoms with Crippen LogP contribution in [0.15, 0.2) is 34.2 Å². The maximum Gasteiger partial charge on any atom is 0.262 e. The fourth-order valence-corrected chi connectivity index (χ4v) is 4.16. The molecular formula is C18H23N3O2S. The molecule has 1 aliphatic rings. The molecule has 0 aliphatic carbocycles. The third kappa shape index (κ3) is 3.34. The van der Waals surface area contributed by atoms with Crippen molar-refractivity contribution in [3.63, 3.8) is 0 Å². The number of piperidine rings is 1. The van der Waals surface area contributed by atoms with E-state index in [-0.39, 0.29) is 11.5 Å². The lowest BCUT2D eigenvalue weighted by Gasteiger charge is -2.33. The smallest absolute Gasteiger partial charge is 0.262 e. The molecule has 1 fully saturated rings. The summed E-state index contributed by atoms with van der Waals surface area (Å²) in [6.07, 6.45) is 3.35. The number of hydrogen-bond acceptors (Lipinski definition) is 4. The van der Waals surface area contributed by atoms with Gasteiger partial charge >= 0.3 is 0 Å². The Morgan fingerprint density at radius 3 is 2.88 bits per heavy atom. The minimum absolute atomic E-state index is 0.0376. The van der Waals surface area contributed by atoms with E-state index < -0.39 is 0 Å². The van der Waals surface area contributed by atoms with Crippen LogP contribution in [0.4, 0.5) is 0 Å². The molecule has 1 amide bonds. The third-order valence-corrected chi connectivity index (χ3v) is 5.55. The van der Waals surface area contributed by atoms with Crippen molar-refractivity contribution in [2.24, 2.45) is 0 Å². The lowest BCUT2D eigenvalue weighted by atomic mass is 10.0. The first-order chi connectivity index (χ1) is 11.6. The molecule has 0 spiro atoms. The molecule has 0 saturated carbocycles. The van der Waals surface area contributed by atoms with E-state index in [2.05, 4.69) is 11.9 Å². The van der Waals surface area contributed by atoms with Gasteiger partial charge in [0.1, 0.15) is 0 Å². The first-order valence-electron chi connectivity index (χ1n) is 8.53. The summed E-state index contributed by atoms with van der Waals surface area (Å²) < 4.78 is 1.65. The van der Waals surface area contributed by atoms with Crippen LogP contribution in [0.3, 0.4) is 0 Å². The van der Waals surface area contributed by atoms with Crippen LogP contribution < -0.4 is 5.56 Å². The van der Waals surface area contributed by atoms with Gasteiger partial charge in [-0.2, -0.15) is 0 Å². The van der Waals surface area contributed by atoms with Crippen molar-refractivity contribution in [2.75, 3.05) is 12.3 Å². The van der Waals surface area contributed by atoms with Crippen molar-refractivity contribution in [1.82, 2.24) is 14.5 Å². The van der Waals surface area contributed by atoms with Crippen molar-refractivity contribution in [2.45, 2.75) is 50.9 Å². The molecule has 1 saturated heterocycles. The van der Waals surface area contributed by atoms with Crippen LogP contribution in [0.2, 0.25) is 0 Å². The molecule has 6 heteroatoms. The van der Waals surface area contributed by atoms with Crippen molar-refractivity contribution < 1.29 is 4.79 Å². The average molecular weight is 345 g/mol. The summed E-state index contributed by atoms with van der Waals surface area (Å²) in [5.41, 5.74) is 0.651. The number of carbonyl (C=O) groups is 1. The highest BCUT2D eigenvalue weighted by molar-refractivity contribution is 7.99. The molecule has 0 bridgehead atoms. The zero-order chi connectivity index (χ0) is 17.1. The van der Waals surface area contributed by atoms with Crippen LogP contribution in [0.25, 0.3) is 10.9 Å². The molecule has 1 aliphatic heterocycles. The maximum atomic E-state index is 12.6. The Morgan fingerprint density at radius 2 is 2.12 bits per heavy atom.